The van der Waals surface area contributed by atoms with Gasteiger partial charge in [0.25, 0.3) is 11.6 Å². The van der Waals surface area contributed by atoms with Gasteiger partial charge in [0.15, 0.2) is 0 Å². The monoisotopic (exact) mass is 366 g/mol. The van der Waals surface area contributed by atoms with Gasteiger partial charge in [0.05, 0.1) is 15.4 Å². The molecule has 3 rings (SSSR count). The lowest BCUT2D eigenvalue weighted by Gasteiger charge is -2.09. The molecule has 128 valence electrons. The summed E-state index contributed by atoms with van der Waals surface area (Å²) in [6.07, 6.45) is -4.50. The highest BCUT2D eigenvalue weighted by Gasteiger charge is 2.30. The highest BCUT2D eigenvalue weighted by molar-refractivity contribution is 7.20. The first-order chi connectivity index (χ1) is 11.7. The maximum absolute atomic E-state index is 12.7. The molecule has 0 atom stereocenters. The molecule has 5 nitrogen and oxygen atoms in total. The number of nitrogens with one attached hydrogen (secondary N) is 1. The average molecular weight is 366 g/mol. The van der Waals surface area contributed by atoms with E-state index in [1.165, 1.54) is 36.4 Å². The summed E-state index contributed by atoms with van der Waals surface area (Å²) in [5.41, 5.74) is -0.948. The third kappa shape index (κ3) is 3.61. The second-order valence-corrected chi connectivity index (χ2v) is 6.21. The van der Waals surface area contributed by atoms with Crippen LogP contribution < -0.4 is 5.32 Å². The van der Waals surface area contributed by atoms with Crippen LogP contribution in [0.2, 0.25) is 0 Å². The molecule has 9 heteroatoms. The summed E-state index contributed by atoms with van der Waals surface area (Å²) in [4.78, 5) is 22.7. The number of alkyl halides is 3. The van der Waals surface area contributed by atoms with Crippen molar-refractivity contribution in [2.45, 2.75) is 6.18 Å². The summed E-state index contributed by atoms with van der Waals surface area (Å²) in [6, 6.07) is 9.97. The number of amides is 1. The summed E-state index contributed by atoms with van der Waals surface area (Å²) in [5, 5.41) is 13.7. The van der Waals surface area contributed by atoms with E-state index in [0.717, 1.165) is 23.5 Å². The molecule has 1 N–H and O–H groups in total. The zero-order valence-corrected chi connectivity index (χ0v) is 13.1. The molecule has 1 amide bonds. The molecule has 3 aromatic rings. The van der Waals surface area contributed by atoms with Crippen LogP contribution in [0.3, 0.4) is 0 Å². The lowest BCUT2D eigenvalue weighted by Crippen LogP contribution is -2.11. The van der Waals surface area contributed by atoms with Crippen molar-refractivity contribution in [3.8, 4) is 0 Å². The van der Waals surface area contributed by atoms with Crippen molar-refractivity contribution in [1.29, 1.82) is 0 Å². The molecule has 0 aliphatic heterocycles. The Balaban J connectivity index is 1.86. The van der Waals surface area contributed by atoms with Crippen molar-refractivity contribution >= 4 is 38.7 Å². The Morgan fingerprint density at radius 2 is 1.88 bits per heavy atom. The van der Waals surface area contributed by atoms with Crippen LogP contribution >= 0.6 is 11.3 Å². The smallest absolute Gasteiger partial charge is 0.321 e. The van der Waals surface area contributed by atoms with Crippen LogP contribution in [-0.4, -0.2) is 10.8 Å². The number of nitrogens with zero attached hydrogens (tertiary/aromatic N) is 1. The second kappa shape index (κ2) is 6.17. The summed E-state index contributed by atoms with van der Waals surface area (Å²) in [6.45, 7) is 0. The number of thiophene rings is 1. The largest absolute Gasteiger partial charge is 0.416 e. The zero-order chi connectivity index (χ0) is 18.2. The van der Waals surface area contributed by atoms with Gasteiger partial charge in [0.1, 0.15) is 0 Å². The van der Waals surface area contributed by atoms with E-state index in [1.54, 1.807) is 0 Å². The minimum absolute atomic E-state index is 0.0169. The van der Waals surface area contributed by atoms with Crippen molar-refractivity contribution in [2.75, 3.05) is 5.32 Å². The van der Waals surface area contributed by atoms with Gasteiger partial charge in [-0.15, -0.1) is 11.3 Å². The number of non-ortho nitro benzene ring substituents is 1. The molecule has 2 aromatic carbocycles. The van der Waals surface area contributed by atoms with E-state index in [2.05, 4.69) is 5.32 Å². The van der Waals surface area contributed by atoms with E-state index in [0.29, 0.717) is 10.1 Å². The van der Waals surface area contributed by atoms with E-state index >= 15 is 0 Å². The maximum Gasteiger partial charge on any atom is 0.416 e. The van der Waals surface area contributed by atoms with Crippen LogP contribution in [-0.2, 0) is 6.18 Å². The Morgan fingerprint density at radius 3 is 2.56 bits per heavy atom. The minimum Gasteiger partial charge on any atom is -0.321 e. The summed E-state index contributed by atoms with van der Waals surface area (Å²) < 4.78 is 38.8. The highest BCUT2D eigenvalue weighted by Crippen LogP contribution is 2.32. The van der Waals surface area contributed by atoms with Gasteiger partial charge in [-0.3, -0.25) is 14.9 Å². The number of halogens is 3. The molecule has 25 heavy (non-hydrogen) atoms. The van der Waals surface area contributed by atoms with E-state index in [9.17, 15) is 28.1 Å². The molecule has 0 aliphatic carbocycles. The Hall–Kier alpha value is -2.94. The van der Waals surface area contributed by atoms with Gasteiger partial charge in [0.2, 0.25) is 0 Å². The van der Waals surface area contributed by atoms with Gasteiger partial charge in [-0.25, -0.2) is 0 Å². The van der Waals surface area contributed by atoms with Gasteiger partial charge in [-0.2, -0.15) is 13.2 Å². The minimum atomic E-state index is -4.50. The van der Waals surface area contributed by atoms with Crippen molar-refractivity contribution in [2.24, 2.45) is 0 Å². The molecule has 1 heterocycles. The fourth-order valence-corrected chi connectivity index (χ4v) is 3.16. The lowest BCUT2D eigenvalue weighted by atomic mass is 10.2. The van der Waals surface area contributed by atoms with Gasteiger partial charge in [-0.1, -0.05) is 6.07 Å². The molecule has 0 saturated carbocycles. The van der Waals surface area contributed by atoms with Gasteiger partial charge in [-0.05, 0) is 30.3 Å². The van der Waals surface area contributed by atoms with Crippen LogP contribution in [0.15, 0.2) is 48.5 Å². The molecule has 0 aliphatic rings. The molecule has 0 spiro atoms. The van der Waals surface area contributed by atoms with Crippen LogP contribution in [0.4, 0.5) is 24.5 Å². The number of nitro groups is 1. The third-order valence-corrected chi connectivity index (χ3v) is 4.50. The topological polar surface area (TPSA) is 72.2 Å². The zero-order valence-electron chi connectivity index (χ0n) is 12.3. The van der Waals surface area contributed by atoms with Crippen LogP contribution in [0.1, 0.15) is 15.2 Å². The van der Waals surface area contributed by atoms with Crippen molar-refractivity contribution in [3.63, 3.8) is 0 Å². The van der Waals surface area contributed by atoms with Crippen LogP contribution in [0.25, 0.3) is 10.1 Å². The van der Waals surface area contributed by atoms with Crippen molar-refractivity contribution in [1.82, 2.24) is 0 Å². The lowest BCUT2D eigenvalue weighted by molar-refractivity contribution is -0.384. The van der Waals surface area contributed by atoms with E-state index in [-0.39, 0.29) is 16.3 Å². The number of anilines is 1. The quantitative estimate of drug-likeness (QED) is 0.519. The predicted molar refractivity (Wildman–Crippen MR) is 87.9 cm³/mol. The fraction of sp³-hybridized carbons (Fsp3) is 0.0625. The number of rotatable bonds is 3. The van der Waals surface area contributed by atoms with Crippen molar-refractivity contribution < 1.29 is 22.9 Å². The second-order valence-electron chi connectivity index (χ2n) is 5.12. The molecule has 1 aromatic heterocycles. The molecule has 0 radical (unpaired) electrons. The van der Waals surface area contributed by atoms with Gasteiger partial charge < -0.3 is 5.32 Å². The molecule has 0 bridgehead atoms. The number of benzene rings is 2. The molecular weight excluding hydrogens is 357 g/mol. The molecule has 0 fully saturated rings. The Labute approximate surface area is 142 Å². The first kappa shape index (κ1) is 16.9. The molecular formula is C16H9F3N2O3S. The predicted octanol–water partition coefficient (Wildman–Crippen LogP) is 5.08. The number of hydrogen-bond acceptors (Lipinski definition) is 4. The van der Waals surface area contributed by atoms with E-state index < -0.39 is 22.6 Å². The summed E-state index contributed by atoms with van der Waals surface area (Å²) in [5.74, 6) is -0.580. The van der Waals surface area contributed by atoms with Crippen LogP contribution in [0, 0.1) is 10.1 Å². The van der Waals surface area contributed by atoms with Crippen LogP contribution in [0.5, 0.6) is 0 Å². The Kier molecular flexibility index (Phi) is 4.17. The van der Waals surface area contributed by atoms with E-state index in [1.807, 2.05) is 0 Å². The van der Waals surface area contributed by atoms with E-state index in [4.69, 9.17) is 0 Å². The maximum atomic E-state index is 12.7. The standard InChI is InChI=1S/C16H9F3N2O3S/c17-16(18,19)10-2-1-3-11(8-10)20-15(22)14-7-9-6-12(21(23)24)4-5-13(9)25-14/h1-8H,(H,20,22). The third-order valence-electron chi connectivity index (χ3n) is 3.38. The van der Waals surface area contributed by atoms with Crippen molar-refractivity contribution in [3.05, 3.63) is 69.1 Å². The number of carbonyl (C=O) groups excluding carboxylic acids is 1. The fourth-order valence-electron chi connectivity index (χ4n) is 2.22. The highest BCUT2D eigenvalue weighted by atomic mass is 32.1. The number of carbonyl (C=O) groups is 1. The number of fused-ring (bicyclic) bond motifs is 1. The van der Waals surface area contributed by atoms with Gasteiger partial charge in [0, 0.05) is 27.9 Å². The first-order valence-electron chi connectivity index (χ1n) is 6.90. The molecule has 0 saturated heterocycles. The Bertz CT molecular complexity index is 982. The first-order valence-corrected chi connectivity index (χ1v) is 7.72. The Morgan fingerprint density at radius 1 is 1.12 bits per heavy atom. The normalized spacial score (nSPS) is 11.5. The average Bonchev–Trinajstić information content (AvgIpc) is 2.97. The number of hydrogen-bond donors (Lipinski definition) is 1. The summed E-state index contributed by atoms with van der Waals surface area (Å²) in [7, 11) is 0. The summed E-state index contributed by atoms with van der Waals surface area (Å²) >= 11 is 1.10. The van der Waals surface area contributed by atoms with Gasteiger partial charge >= 0.3 is 6.18 Å². The number of nitro benzene ring substituents is 1. The SMILES string of the molecule is O=C(Nc1cccc(C(F)(F)F)c1)c1cc2cc([N+](=O)[O-])ccc2s1. The molecule has 0 unspecified atom stereocenters.